The van der Waals surface area contributed by atoms with Gasteiger partial charge in [0.1, 0.15) is 6.04 Å². The van der Waals surface area contributed by atoms with Crippen LogP contribution < -0.4 is 21.5 Å². The molecule has 2 aromatic carbocycles. The Labute approximate surface area is 167 Å². The Bertz CT molecular complexity index is 906. The summed E-state index contributed by atoms with van der Waals surface area (Å²) in [6.45, 7) is 3.87. The molecule has 0 spiro atoms. The predicted octanol–water partition coefficient (Wildman–Crippen LogP) is 3.68. The first-order valence-electron chi connectivity index (χ1n) is 8.63. The van der Waals surface area contributed by atoms with E-state index in [2.05, 4.69) is 33.4 Å². The van der Waals surface area contributed by atoms with Crippen molar-refractivity contribution < 1.29 is 4.79 Å². The number of para-hydroxylation sites is 1. The molecule has 0 aliphatic rings. The van der Waals surface area contributed by atoms with Gasteiger partial charge in [-0.1, -0.05) is 42.5 Å². The van der Waals surface area contributed by atoms with Crippen LogP contribution in [-0.4, -0.2) is 22.0 Å². The first-order valence-corrected chi connectivity index (χ1v) is 9.85. The Morgan fingerprint density at radius 3 is 2.59 bits per heavy atom. The molecule has 0 aliphatic heterocycles. The maximum Gasteiger partial charge on any atom is 0.260 e. The minimum Gasteiger partial charge on any atom is -0.350 e. The minimum atomic E-state index is -0.468. The molecule has 3 rings (SSSR count). The molecule has 1 aromatic heterocycles. The maximum absolute atomic E-state index is 12.3. The molecule has 6 nitrogen and oxygen atoms in total. The Kier molecular flexibility index (Phi) is 6.20. The summed E-state index contributed by atoms with van der Waals surface area (Å²) in [4.78, 5) is 16.7. The van der Waals surface area contributed by atoms with Crippen LogP contribution in [0.3, 0.4) is 0 Å². The van der Waals surface area contributed by atoms with E-state index < -0.39 is 6.04 Å². The van der Waals surface area contributed by atoms with Gasteiger partial charge < -0.3 is 10.6 Å². The van der Waals surface area contributed by atoms with Crippen molar-refractivity contribution in [2.45, 2.75) is 26.3 Å². The fraction of sp³-hybridized carbons (Fsp3) is 0.211. The van der Waals surface area contributed by atoms with Gasteiger partial charge in [-0.05, 0) is 55.4 Å². The second-order valence-electron chi connectivity index (χ2n) is 5.97. The van der Waals surface area contributed by atoms with Gasteiger partial charge in [-0.25, -0.2) is 4.98 Å². The number of aryl methyl sites for hydroxylation is 1. The Morgan fingerprint density at radius 1 is 1.15 bits per heavy atom. The third-order valence-corrected chi connectivity index (χ3v) is 5.12. The highest BCUT2D eigenvalue weighted by Gasteiger charge is 2.14. The number of hydrazine groups is 1. The van der Waals surface area contributed by atoms with Crippen molar-refractivity contribution in [3.63, 3.8) is 0 Å². The van der Waals surface area contributed by atoms with Gasteiger partial charge >= 0.3 is 0 Å². The first-order chi connectivity index (χ1) is 13.0. The third-order valence-electron chi connectivity index (χ3n) is 3.95. The number of carbonyl (C=O) groups is 1. The largest absolute Gasteiger partial charge is 0.350 e. The van der Waals surface area contributed by atoms with Crippen LogP contribution >= 0.6 is 23.6 Å². The van der Waals surface area contributed by atoms with Crippen LogP contribution in [0.1, 0.15) is 19.4 Å². The Hall–Kier alpha value is -2.71. The summed E-state index contributed by atoms with van der Waals surface area (Å²) in [5.41, 5.74) is 8.34. The van der Waals surface area contributed by atoms with Crippen LogP contribution in [0.4, 0.5) is 10.8 Å². The number of carbonyl (C=O) groups excluding carboxylic acids is 1. The number of nitrogens with one attached hydrogen (secondary N) is 4. The average molecular weight is 400 g/mol. The number of nitrogens with zero attached hydrogens (tertiary/aromatic N) is 1. The summed E-state index contributed by atoms with van der Waals surface area (Å²) in [6, 6.07) is 15.4. The van der Waals surface area contributed by atoms with Gasteiger partial charge in [-0.2, -0.15) is 0 Å². The lowest BCUT2D eigenvalue weighted by atomic mass is 10.1. The smallest absolute Gasteiger partial charge is 0.260 e. The summed E-state index contributed by atoms with van der Waals surface area (Å²) in [5, 5.41) is 7.16. The summed E-state index contributed by atoms with van der Waals surface area (Å²) in [7, 11) is 0. The van der Waals surface area contributed by atoms with Gasteiger partial charge in [0.25, 0.3) is 5.91 Å². The zero-order chi connectivity index (χ0) is 19.2. The lowest BCUT2D eigenvalue weighted by Gasteiger charge is -2.15. The molecular weight excluding hydrogens is 378 g/mol. The van der Waals surface area contributed by atoms with Gasteiger partial charge in [-0.3, -0.25) is 15.6 Å². The fourth-order valence-corrected chi connectivity index (χ4v) is 3.52. The van der Waals surface area contributed by atoms with E-state index in [9.17, 15) is 4.79 Å². The van der Waals surface area contributed by atoms with E-state index in [-0.39, 0.29) is 5.91 Å². The molecule has 1 heterocycles. The monoisotopic (exact) mass is 399 g/mol. The molecule has 0 bridgehead atoms. The van der Waals surface area contributed by atoms with Crippen molar-refractivity contribution in [1.29, 1.82) is 0 Å². The van der Waals surface area contributed by atoms with Crippen LogP contribution in [0.2, 0.25) is 0 Å². The number of aromatic nitrogens is 1. The summed E-state index contributed by atoms with van der Waals surface area (Å²) in [6.07, 6.45) is 0.985. The van der Waals surface area contributed by atoms with Crippen LogP contribution in [0, 0.1) is 0 Å². The average Bonchev–Trinajstić information content (AvgIpc) is 3.09. The highest BCUT2D eigenvalue weighted by Crippen LogP contribution is 2.25. The van der Waals surface area contributed by atoms with E-state index >= 15 is 0 Å². The second-order valence-corrected chi connectivity index (χ2v) is 7.41. The number of anilines is 2. The number of benzene rings is 2. The molecule has 8 heteroatoms. The van der Waals surface area contributed by atoms with Crippen LogP contribution in [0.15, 0.2) is 48.5 Å². The summed E-state index contributed by atoms with van der Waals surface area (Å²) < 4.78 is 1.07. The van der Waals surface area contributed by atoms with Crippen molar-refractivity contribution in [2.24, 2.45) is 0 Å². The summed E-state index contributed by atoms with van der Waals surface area (Å²) >= 11 is 6.72. The van der Waals surface area contributed by atoms with Crippen molar-refractivity contribution in [1.82, 2.24) is 15.8 Å². The molecule has 0 saturated heterocycles. The predicted molar refractivity (Wildman–Crippen MR) is 116 cm³/mol. The minimum absolute atomic E-state index is 0.236. The molecule has 3 aromatic rings. The molecule has 1 atom stereocenters. The van der Waals surface area contributed by atoms with Crippen LogP contribution in [0.25, 0.3) is 10.2 Å². The van der Waals surface area contributed by atoms with Crippen LogP contribution in [0.5, 0.6) is 0 Å². The quantitative estimate of drug-likeness (QED) is 0.387. The van der Waals surface area contributed by atoms with Crippen molar-refractivity contribution in [3.05, 3.63) is 54.1 Å². The SMILES string of the molecule is CCc1ccc(NC(=S)NNC(=O)[C@@H](C)Nc2nc3ccccc3s2)cc1. The molecule has 4 N–H and O–H groups in total. The van der Waals surface area contributed by atoms with E-state index in [1.807, 2.05) is 48.5 Å². The molecule has 0 radical (unpaired) electrons. The molecule has 0 aliphatic carbocycles. The Morgan fingerprint density at radius 2 is 1.89 bits per heavy atom. The molecule has 140 valence electrons. The fourth-order valence-electron chi connectivity index (χ4n) is 2.40. The molecule has 27 heavy (non-hydrogen) atoms. The molecular formula is C19H21N5OS2. The highest BCUT2D eigenvalue weighted by molar-refractivity contribution is 7.80. The zero-order valence-electron chi connectivity index (χ0n) is 15.1. The van der Waals surface area contributed by atoms with Gasteiger partial charge in [0.05, 0.1) is 10.2 Å². The second kappa shape index (κ2) is 8.79. The number of hydrogen-bond donors (Lipinski definition) is 4. The number of hydrogen-bond acceptors (Lipinski definition) is 5. The van der Waals surface area contributed by atoms with E-state index in [0.29, 0.717) is 10.2 Å². The van der Waals surface area contributed by atoms with E-state index in [0.717, 1.165) is 22.3 Å². The Balaban J connectivity index is 1.48. The number of thiocarbonyl (C=S) groups is 1. The topological polar surface area (TPSA) is 78.1 Å². The lowest BCUT2D eigenvalue weighted by molar-refractivity contribution is -0.122. The van der Waals surface area contributed by atoms with Gasteiger partial charge in [-0.15, -0.1) is 0 Å². The van der Waals surface area contributed by atoms with Crippen molar-refractivity contribution in [2.75, 3.05) is 10.6 Å². The van der Waals surface area contributed by atoms with Crippen molar-refractivity contribution in [3.8, 4) is 0 Å². The number of thiazole rings is 1. The molecule has 0 unspecified atom stereocenters. The number of amides is 1. The van der Waals surface area contributed by atoms with E-state index in [1.165, 1.54) is 16.9 Å². The highest BCUT2D eigenvalue weighted by atomic mass is 32.1. The van der Waals surface area contributed by atoms with Crippen LogP contribution in [-0.2, 0) is 11.2 Å². The first kappa shape index (κ1) is 19.1. The maximum atomic E-state index is 12.3. The standard InChI is InChI=1S/C19H21N5OS2/c1-3-13-8-10-14(11-9-13)21-18(26)24-23-17(25)12(2)20-19-22-15-6-4-5-7-16(15)27-19/h4-12H,3H2,1-2H3,(H,20,22)(H,23,25)(H2,21,24,26)/t12-/m1/s1. The van der Waals surface area contributed by atoms with Gasteiger partial charge in [0.2, 0.25) is 0 Å². The number of rotatable bonds is 5. The summed E-state index contributed by atoms with van der Waals surface area (Å²) in [5.74, 6) is -0.236. The normalized spacial score (nSPS) is 11.6. The van der Waals surface area contributed by atoms with Gasteiger partial charge in [0, 0.05) is 5.69 Å². The number of fused-ring (bicyclic) bond motifs is 1. The zero-order valence-corrected chi connectivity index (χ0v) is 16.7. The third kappa shape index (κ3) is 5.15. The van der Waals surface area contributed by atoms with Crippen molar-refractivity contribution >= 4 is 55.6 Å². The molecule has 0 fully saturated rings. The molecule has 0 saturated carbocycles. The molecule has 1 amide bonds. The van der Waals surface area contributed by atoms with E-state index in [1.54, 1.807) is 6.92 Å². The van der Waals surface area contributed by atoms with E-state index in [4.69, 9.17) is 12.2 Å². The van der Waals surface area contributed by atoms with Gasteiger partial charge in [0.15, 0.2) is 10.2 Å². The lowest BCUT2D eigenvalue weighted by Crippen LogP contribution is -2.49.